The second kappa shape index (κ2) is 13.9. The first-order chi connectivity index (χ1) is 17.7. The molecule has 3 aromatic carbocycles. The number of ether oxygens (including phenoxy) is 1. The largest absolute Gasteiger partial charge is 0.491 e. The van der Waals surface area contributed by atoms with Crippen LogP contribution in [0.4, 0.5) is 0 Å². The average molecular weight is 500 g/mol. The Morgan fingerprint density at radius 2 is 1.54 bits per heavy atom. The summed E-state index contributed by atoms with van der Waals surface area (Å²) < 4.78 is 6.06. The number of carbonyl (C=O) groups is 1. The highest BCUT2D eigenvalue weighted by Crippen LogP contribution is 2.29. The highest BCUT2D eigenvalue weighted by molar-refractivity contribution is 6.09. The van der Waals surface area contributed by atoms with Gasteiger partial charge in [0, 0.05) is 26.2 Å². The molecule has 0 amide bonds. The number of nitrogens with zero attached hydrogens (tertiary/aromatic N) is 3. The van der Waals surface area contributed by atoms with Gasteiger partial charge in [-0.15, -0.1) is 0 Å². The number of ketones is 1. The summed E-state index contributed by atoms with van der Waals surface area (Å²) in [7, 11) is 10.3. The highest BCUT2D eigenvalue weighted by Gasteiger charge is 2.14. The Hall–Kier alpha value is -3.25. The van der Waals surface area contributed by atoms with Crippen molar-refractivity contribution in [1.29, 1.82) is 0 Å². The molecule has 3 rings (SSSR count). The summed E-state index contributed by atoms with van der Waals surface area (Å²) in [5.74, 6) is 0.552. The lowest BCUT2D eigenvalue weighted by molar-refractivity contribution is 0.104. The van der Waals surface area contributed by atoms with Gasteiger partial charge in [0.05, 0.1) is 5.56 Å². The Kier molecular flexibility index (Phi) is 10.6. The van der Waals surface area contributed by atoms with Gasteiger partial charge in [-0.05, 0) is 88.2 Å². The molecule has 0 heterocycles. The number of benzene rings is 3. The second-order valence-electron chi connectivity index (χ2n) is 10.1. The van der Waals surface area contributed by atoms with Crippen LogP contribution in [-0.2, 0) is 6.54 Å². The Bertz CT molecular complexity index is 1200. The van der Waals surface area contributed by atoms with Crippen LogP contribution in [0.1, 0.15) is 27.0 Å². The molecule has 3 aromatic rings. The number of aryl methyl sites for hydroxylation is 1. The predicted octanol–water partition coefficient (Wildman–Crippen LogP) is 5.49. The van der Waals surface area contributed by atoms with E-state index in [4.69, 9.17) is 4.74 Å². The van der Waals surface area contributed by atoms with Crippen molar-refractivity contribution in [3.05, 3.63) is 95.1 Å². The lowest BCUT2D eigenvalue weighted by Gasteiger charge is -2.20. The van der Waals surface area contributed by atoms with Gasteiger partial charge in [0.1, 0.15) is 12.4 Å². The van der Waals surface area contributed by atoms with Crippen molar-refractivity contribution in [2.24, 2.45) is 0 Å². The first kappa shape index (κ1) is 28.3. The van der Waals surface area contributed by atoms with Gasteiger partial charge >= 0.3 is 0 Å². The van der Waals surface area contributed by atoms with E-state index in [1.165, 1.54) is 11.1 Å². The van der Waals surface area contributed by atoms with Gasteiger partial charge < -0.3 is 19.4 Å². The fourth-order valence-corrected chi connectivity index (χ4v) is 4.09. The molecule has 0 spiro atoms. The Morgan fingerprint density at radius 3 is 2.27 bits per heavy atom. The van der Waals surface area contributed by atoms with Gasteiger partial charge in [0.25, 0.3) is 0 Å². The van der Waals surface area contributed by atoms with Crippen molar-refractivity contribution in [3.63, 3.8) is 0 Å². The van der Waals surface area contributed by atoms with E-state index < -0.39 is 0 Å². The summed E-state index contributed by atoms with van der Waals surface area (Å²) in [6.45, 7) is 6.18. The van der Waals surface area contributed by atoms with Gasteiger partial charge in [-0.1, -0.05) is 60.7 Å². The van der Waals surface area contributed by atoms with E-state index in [2.05, 4.69) is 73.1 Å². The molecule has 0 aliphatic carbocycles. The quantitative estimate of drug-likeness (QED) is 0.230. The zero-order valence-electron chi connectivity index (χ0n) is 23.2. The van der Waals surface area contributed by atoms with E-state index in [9.17, 15) is 4.79 Å². The Labute approximate surface area is 223 Å². The number of rotatable bonds is 13. The van der Waals surface area contributed by atoms with Gasteiger partial charge in [-0.2, -0.15) is 0 Å². The molecule has 5 heteroatoms. The summed E-state index contributed by atoms with van der Waals surface area (Å²) in [5, 5.41) is 0. The van der Waals surface area contributed by atoms with Crippen molar-refractivity contribution in [2.45, 2.75) is 13.5 Å². The van der Waals surface area contributed by atoms with Crippen LogP contribution in [-0.4, -0.2) is 82.0 Å². The smallest absolute Gasteiger partial charge is 0.189 e. The standard InChI is InChI=1S/C32H41N3O2/c1-25-11-7-10-14-29(25)27-16-18-32(37-22-21-34(4)5)30(23-27)31(36)17-15-26-12-8-9-13-28(26)24-35(6)20-19-33(2)3/h7-18,23H,19-22,24H2,1-6H3. The molecule has 196 valence electrons. The van der Waals surface area contributed by atoms with E-state index >= 15 is 0 Å². The fourth-order valence-electron chi connectivity index (χ4n) is 4.09. The van der Waals surface area contributed by atoms with Gasteiger partial charge in [0.15, 0.2) is 5.78 Å². The van der Waals surface area contributed by atoms with Crippen LogP contribution in [0, 0.1) is 6.92 Å². The van der Waals surface area contributed by atoms with E-state index in [0.29, 0.717) is 17.9 Å². The zero-order valence-corrected chi connectivity index (χ0v) is 23.2. The number of likely N-dealkylation sites (N-methyl/N-ethyl adjacent to an activating group) is 3. The number of allylic oxidation sites excluding steroid dienone is 1. The Balaban J connectivity index is 1.87. The fraction of sp³-hybridized carbons (Fsp3) is 0.344. The zero-order chi connectivity index (χ0) is 26.8. The molecule has 0 fully saturated rings. The van der Waals surface area contributed by atoms with Gasteiger partial charge in [-0.25, -0.2) is 0 Å². The monoisotopic (exact) mass is 499 g/mol. The average Bonchev–Trinajstić information content (AvgIpc) is 2.87. The Morgan fingerprint density at radius 1 is 0.838 bits per heavy atom. The summed E-state index contributed by atoms with van der Waals surface area (Å²) in [5.41, 5.74) is 6.13. The molecule has 0 aliphatic heterocycles. The SMILES string of the molecule is Cc1ccccc1-c1ccc(OCCN(C)C)c(C(=O)C=Cc2ccccc2CN(C)CCN(C)C)c1. The summed E-state index contributed by atoms with van der Waals surface area (Å²) in [6.07, 6.45) is 3.61. The first-order valence-electron chi connectivity index (χ1n) is 12.9. The van der Waals surface area contributed by atoms with Crippen LogP contribution in [0.15, 0.2) is 72.8 Å². The molecule has 0 saturated heterocycles. The molecule has 5 nitrogen and oxygen atoms in total. The molecule has 0 bridgehead atoms. The van der Waals surface area contributed by atoms with Crippen molar-refractivity contribution < 1.29 is 9.53 Å². The molecule has 0 aromatic heterocycles. The lowest BCUT2D eigenvalue weighted by Crippen LogP contribution is -2.28. The molecule has 0 unspecified atom stereocenters. The normalized spacial score (nSPS) is 11.7. The third kappa shape index (κ3) is 8.67. The molecular weight excluding hydrogens is 458 g/mol. The molecule has 0 radical (unpaired) electrons. The first-order valence-corrected chi connectivity index (χ1v) is 12.9. The van der Waals surface area contributed by atoms with E-state index in [-0.39, 0.29) is 5.78 Å². The van der Waals surface area contributed by atoms with Crippen molar-refractivity contribution in [3.8, 4) is 16.9 Å². The van der Waals surface area contributed by atoms with Crippen LogP contribution in [0.25, 0.3) is 17.2 Å². The maximum absolute atomic E-state index is 13.5. The molecule has 0 N–H and O–H groups in total. The third-order valence-electron chi connectivity index (χ3n) is 6.34. The number of hydrogen-bond acceptors (Lipinski definition) is 5. The van der Waals surface area contributed by atoms with E-state index in [0.717, 1.165) is 42.9 Å². The number of carbonyl (C=O) groups excluding carboxylic acids is 1. The van der Waals surface area contributed by atoms with E-state index in [1.807, 2.05) is 56.6 Å². The van der Waals surface area contributed by atoms with Crippen molar-refractivity contribution in [1.82, 2.24) is 14.7 Å². The molecule has 0 aliphatic rings. The summed E-state index contributed by atoms with van der Waals surface area (Å²) >= 11 is 0. The van der Waals surface area contributed by atoms with Gasteiger partial charge in [-0.3, -0.25) is 4.79 Å². The minimum Gasteiger partial charge on any atom is -0.491 e. The predicted molar refractivity (Wildman–Crippen MR) is 155 cm³/mol. The number of hydrogen-bond donors (Lipinski definition) is 0. The van der Waals surface area contributed by atoms with Crippen molar-refractivity contribution >= 4 is 11.9 Å². The topological polar surface area (TPSA) is 36.0 Å². The van der Waals surface area contributed by atoms with Crippen LogP contribution in [0.3, 0.4) is 0 Å². The molecule has 0 atom stereocenters. The van der Waals surface area contributed by atoms with Crippen molar-refractivity contribution in [2.75, 3.05) is 61.5 Å². The molecular formula is C32H41N3O2. The van der Waals surface area contributed by atoms with Crippen LogP contribution in [0.5, 0.6) is 5.75 Å². The maximum Gasteiger partial charge on any atom is 0.189 e. The minimum atomic E-state index is -0.0638. The maximum atomic E-state index is 13.5. The third-order valence-corrected chi connectivity index (χ3v) is 6.34. The molecule has 0 saturated carbocycles. The lowest BCUT2D eigenvalue weighted by atomic mass is 9.96. The van der Waals surface area contributed by atoms with Gasteiger partial charge in [0.2, 0.25) is 0 Å². The van der Waals surface area contributed by atoms with E-state index in [1.54, 1.807) is 6.08 Å². The highest BCUT2D eigenvalue weighted by atomic mass is 16.5. The molecule has 37 heavy (non-hydrogen) atoms. The summed E-state index contributed by atoms with van der Waals surface area (Å²) in [6, 6.07) is 22.4. The minimum absolute atomic E-state index is 0.0638. The van der Waals surface area contributed by atoms with Crippen LogP contribution < -0.4 is 4.74 Å². The van der Waals surface area contributed by atoms with Crippen LogP contribution >= 0.6 is 0 Å². The second-order valence-corrected chi connectivity index (χ2v) is 10.1. The summed E-state index contributed by atoms with van der Waals surface area (Å²) in [4.78, 5) is 20.1. The van der Waals surface area contributed by atoms with Crippen LogP contribution in [0.2, 0.25) is 0 Å².